The number of H-pyrrole nitrogens is 1. The van der Waals surface area contributed by atoms with Crippen LogP contribution in [0.1, 0.15) is 5.69 Å². The van der Waals surface area contributed by atoms with Gasteiger partial charge in [0.25, 0.3) is 0 Å². The lowest BCUT2D eigenvalue weighted by molar-refractivity contribution is 0.416. The van der Waals surface area contributed by atoms with Gasteiger partial charge in [0.1, 0.15) is 11.8 Å². The highest BCUT2D eigenvalue weighted by molar-refractivity contribution is 6.31. The van der Waals surface area contributed by atoms with Crippen LogP contribution >= 0.6 is 11.6 Å². The SMILES string of the molecule is COc1ccc(Cl)cc1-c1[nH]cnc1C#N. The molecule has 1 aromatic carbocycles. The molecule has 80 valence electrons. The molecular formula is C11H8ClN3O. The molecule has 1 aromatic heterocycles. The van der Waals surface area contributed by atoms with Gasteiger partial charge in [0.15, 0.2) is 5.69 Å². The van der Waals surface area contributed by atoms with E-state index in [0.29, 0.717) is 22.2 Å². The van der Waals surface area contributed by atoms with Crippen molar-refractivity contribution in [2.45, 2.75) is 0 Å². The molecule has 0 radical (unpaired) electrons. The van der Waals surface area contributed by atoms with Crippen LogP contribution < -0.4 is 4.74 Å². The summed E-state index contributed by atoms with van der Waals surface area (Å²) in [5, 5.41) is 9.47. The van der Waals surface area contributed by atoms with E-state index in [1.165, 1.54) is 6.33 Å². The van der Waals surface area contributed by atoms with Crippen molar-refractivity contribution in [3.63, 3.8) is 0 Å². The monoisotopic (exact) mass is 233 g/mol. The molecule has 0 amide bonds. The topological polar surface area (TPSA) is 61.7 Å². The second kappa shape index (κ2) is 4.25. The van der Waals surface area contributed by atoms with Crippen LogP contribution in [0.4, 0.5) is 0 Å². The number of methoxy groups -OCH3 is 1. The van der Waals surface area contributed by atoms with Gasteiger partial charge in [0.2, 0.25) is 0 Å². The van der Waals surface area contributed by atoms with Gasteiger partial charge in [-0.1, -0.05) is 11.6 Å². The third-order valence-electron chi connectivity index (χ3n) is 2.18. The van der Waals surface area contributed by atoms with E-state index in [2.05, 4.69) is 9.97 Å². The van der Waals surface area contributed by atoms with Crippen LogP contribution in [0.15, 0.2) is 24.5 Å². The first-order valence-electron chi connectivity index (χ1n) is 4.53. The van der Waals surface area contributed by atoms with E-state index in [9.17, 15) is 0 Å². The van der Waals surface area contributed by atoms with Crippen LogP contribution in [0.25, 0.3) is 11.3 Å². The zero-order chi connectivity index (χ0) is 11.5. The maximum atomic E-state index is 8.90. The normalized spacial score (nSPS) is 9.81. The van der Waals surface area contributed by atoms with E-state index in [1.807, 2.05) is 6.07 Å². The molecule has 0 fully saturated rings. The van der Waals surface area contributed by atoms with E-state index in [0.717, 1.165) is 5.56 Å². The second-order valence-electron chi connectivity index (χ2n) is 3.08. The number of aromatic nitrogens is 2. The van der Waals surface area contributed by atoms with E-state index in [1.54, 1.807) is 25.3 Å². The molecule has 0 spiro atoms. The van der Waals surface area contributed by atoms with Crippen molar-refractivity contribution in [3.8, 4) is 23.1 Å². The van der Waals surface area contributed by atoms with Gasteiger partial charge in [0.05, 0.1) is 19.1 Å². The van der Waals surface area contributed by atoms with Crippen LogP contribution in [0.5, 0.6) is 5.75 Å². The number of nitrogens with zero attached hydrogens (tertiary/aromatic N) is 2. The molecule has 2 rings (SSSR count). The fourth-order valence-electron chi connectivity index (χ4n) is 1.46. The number of hydrogen-bond acceptors (Lipinski definition) is 3. The predicted octanol–water partition coefficient (Wildman–Crippen LogP) is 2.61. The minimum Gasteiger partial charge on any atom is -0.496 e. The van der Waals surface area contributed by atoms with Crippen molar-refractivity contribution < 1.29 is 4.74 Å². The Labute approximate surface area is 97.5 Å². The largest absolute Gasteiger partial charge is 0.496 e. The highest BCUT2D eigenvalue weighted by atomic mass is 35.5. The second-order valence-corrected chi connectivity index (χ2v) is 3.52. The number of nitrogens with one attached hydrogen (secondary N) is 1. The predicted molar refractivity (Wildman–Crippen MR) is 60.3 cm³/mol. The molecule has 1 N–H and O–H groups in total. The summed E-state index contributed by atoms with van der Waals surface area (Å²) < 4.78 is 5.21. The maximum absolute atomic E-state index is 8.90. The van der Waals surface area contributed by atoms with Gasteiger partial charge in [-0.3, -0.25) is 0 Å². The molecular weight excluding hydrogens is 226 g/mol. The standard InChI is InChI=1S/C11H8ClN3O/c1-16-10-3-2-7(12)4-8(10)11-9(5-13)14-6-15-11/h2-4,6H,1H3,(H,14,15). The highest BCUT2D eigenvalue weighted by Crippen LogP contribution is 2.32. The molecule has 0 unspecified atom stereocenters. The Morgan fingerprint density at radius 2 is 2.31 bits per heavy atom. The zero-order valence-electron chi connectivity index (χ0n) is 8.49. The van der Waals surface area contributed by atoms with Crippen LogP contribution in [-0.4, -0.2) is 17.1 Å². The summed E-state index contributed by atoms with van der Waals surface area (Å²) >= 11 is 5.91. The fourth-order valence-corrected chi connectivity index (χ4v) is 1.63. The average Bonchev–Trinajstić information content (AvgIpc) is 2.76. The van der Waals surface area contributed by atoms with Crippen molar-refractivity contribution >= 4 is 11.6 Å². The van der Waals surface area contributed by atoms with Gasteiger partial charge in [-0.15, -0.1) is 0 Å². The smallest absolute Gasteiger partial charge is 0.166 e. The fraction of sp³-hybridized carbons (Fsp3) is 0.0909. The molecule has 0 atom stereocenters. The Bertz CT molecular complexity index is 557. The Hall–Kier alpha value is -1.99. The molecule has 0 aliphatic rings. The Morgan fingerprint density at radius 1 is 1.50 bits per heavy atom. The lowest BCUT2D eigenvalue weighted by atomic mass is 10.1. The summed E-state index contributed by atoms with van der Waals surface area (Å²) in [5.74, 6) is 0.644. The van der Waals surface area contributed by atoms with Gasteiger partial charge >= 0.3 is 0 Å². The van der Waals surface area contributed by atoms with Crippen molar-refractivity contribution in [3.05, 3.63) is 35.2 Å². The van der Waals surface area contributed by atoms with Gasteiger partial charge < -0.3 is 9.72 Å². The quantitative estimate of drug-likeness (QED) is 0.867. The number of halogens is 1. The number of rotatable bonds is 2. The molecule has 4 nitrogen and oxygen atoms in total. The molecule has 0 saturated heterocycles. The van der Waals surface area contributed by atoms with Gasteiger partial charge in [-0.05, 0) is 18.2 Å². The molecule has 0 bridgehead atoms. The maximum Gasteiger partial charge on any atom is 0.166 e. The third-order valence-corrected chi connectivity index (χ3v) is 2.41. The third kappa shape index (κ3) is 1.73. The van der Waals surface area contributed by atoms with Gasteiger partial charge in [-0.2, -0.15) is 5.26 Å². The summed E-state index contributed by atoms with van der Waals surface area (Å²) in [6.07, 6.45) is 1.47. The zero-order valence-corrected chi connectivity index (χ0v) is 9.25. The van der Waals surface area contributed by atoms with Crippen molar-refractivity contribution in [1.29, 1.82) is 5.26 Å². The van der Waals surface area contributed by atoms with E-state index >= 15 is 0 Å². The first-order chi connectivity index (χ1) is 7.76. The number of hydrogen-bond donors (Lipinski definition) is 1. The summed E-state index contributed by atoms with van der Waals surface area (Å²) in [6, 6.07) is 7.21. The van der Waals surface area contributed by atoms with Crippen molar-refractivity contribution in [2.24, 2.45) is 0 Å². The number of imidazole rings is 1. The Kier molecular flexibility index (Phi) is 2.80. The summed E-state index contributed by atoms with van der Waals surface area (Å²) in [4.78, 5) is 6.80. The number of benzene rings is 1. The van der Waals surface area contributed by atoms with Gasteiger partial charge in [0, 0.05) is 10.6 Å². The highest BCUT2D eigenvalue weighted by Gasteiger charge is 2.12. The molecule has 1 heterocycles. The van der Waals surface area contributed by atoms with E-state index in [-0.39, 0.29) is 0 Å². The molecule has 5 heteroatoms. The molecule has 16 heavy (non-hydrogen) atoms. The summed E-state index contributed by atoms with van der Waals surface area (Å²) in [6.45, 7) is 0. The summed E-state index contributed by atoms with van der Waals surface area (Å²) in [5.41, 5.74) is 1.66. The lowest BCUT2D eigenvalue weighted by Gasteiger charge is -2.07. The number of ether oxygens (including phenoxy) is 1. The van der Waals surface area contributed by atoms with Crippen molar-refractivity contribution in [2.75, 3.05) is 7.11 Å². The Balaban J connectivity index is 2.63. The molecule has 0 aliphatic carbocycles. The van der Waals surface area contributed by atoms with Gasteiger partial charge in [-0.25, -0.2) is 4.98 Å². The molecule has 0 saturated carbocycles. The number of nitriles is 1. The molecule has 0 aliphatic heterocycles. The first-order valence-corrected chi connectivity index (χ1v) is 4.91. The van der Waals surface area contributed by atoms with E-state index in [4.69, 9.17) is 21.6 Å². The van der Waals surface area contributed by atoms with E-state index < -0.39 is 0 Å². The minimum absolute atomic E-state index is 0.320. The molecule has 2 aromatic rings. The minimum atomic E-state index is 0.320. The summed E-state index contributed by atoms with van der Waals surface area (Å²) in [7, 11) is 1.56. The first kappa shape index (κ1) is 10.5. The lowest BCUT2D eigenvalue weighted by Crippen LogP contribution is -1.90. The van der Waals surface area contributed by atoms with Crippen LogP contribution in [0, 0.1) is 11.3 Å². The van der Waals surface area contributed by atoms with Crippen molar-refractivity contribution in [1.82, 2.24) is 9.97 Å². The van der Waals surface area contributed by atoms with Crippen LogP contribution in [0.3, 0.4) is 0 Å². The number of aromatic amines is 1. The van der Waals surface area contributed by atoms with Crippen LogP contribution in [-0.2, 0) is 0 Å². The Morgan fingerprint density at radius 3 is 3.00 bits per heavy atom. The average molecular weight is 234 g/mol. The van der Waals surface area contributed by atoms with Crippen LogP contribution in [0.2, 0.25) is 5.02 Å².